The molecule has 0 unspecified atom stereocenters. The summed E-state index contributed by atoms with van der Waals surface area (Å²) in [5.74, 6) is -0.0474. The van der Waals surface area contributed by atoms with Crippen LogP contribution in [0.1, 0.15) is 15.9 Å². The smallest absolute Gasteiger partial charge is 0.251 e. The zero-order valence-electron chi connectivity index (χ0n) is 9.45. The normalized spacial score (nSPS) is 9.44. The molecule has 1 aromatic rings. The van der Waals surface area contributed by atoms with E-state index in [1.165, 1.54) is 0 Å². The monoisotopic (exact) mass is 260 g/mol. The summed E-state index contributed by atoms with van der Waals surface area (Å²) in [4.78, 5) is 12.8. The number of aryl methyl sites for hydroxylation is 1. The summed E-state index contributed by atoms with van der Waals surface area (Å²) in [6, 6.07) is 5.88. The van der Waals surface area contributed by atoms with E-state index in [-0.39, 0.29) is 18.3 Å². The van der Waals surface area contributed by atoms with Gasteiger partial charge in [-0.05, 0) is 30.9 Å². The minimum Gasteiger partial charge on any atom is -0.351 e. The number of rotatable bonds is 4. The second-order valence-corrected chi connectivity index (χ2v) is 4.11. The summed E-state index contributed by atoms with van der Waals surface area (Å²) < 4.78 is 0. The number of thioether (sulfide) groups is 1. The van der Waals surface area contributed by atoms with Crippen LogP contribution < -0.4 is 11.1 Å². The van der Waals surface area contributed by atoms with Gasteiger partial charge < -0.3 is 11.1 Å². The Bertz CT molecular complexity index is 358. The maximum Gasteiger partial charge on any atom is 0.251 e. The Kier molecular flexibility index (Phi) is 7.21. The summed E-state index contributed by atoms with van der Waals surface area (Å²) in [5.41, 5.74) is 7.05. The molecule has 0 saturated heterocycles. The third-order valence-electron chi connectivity index (χ3n) is 2.12. The van der Waals surface area contributed by atoms with Crippen LogP contribution in [0.4, 0.5) is 0 Å². The molecule has 1 rings (SSSR count). The van der Waals surface area contributed by atoms with Gasteiger partial charge in [0.15, 0.2) is 0 Å². The van der Waals surface area contributed by atoms with Gasteiger partial charge in [-0.25, -0.2) is 0 Å². The van der Waals surface area contributed by atoms with Crippen molar-refractivity contribution >= 4 is 30.1 Å². The van der Waals surface area contributed by atoms with Crippen LogP contribution in [-0.2, 0) is 0 Å². The largest absolute Gasteiger partial charge is 0.351 e. The molecular weight excluding hydrogens is 244 g/mol. The third-order valence-corrected chi connectivity index (χ3v) is 2.84. The van der Waals surface area contributed by atoms with Gasteiger partial charge in [-0.2, -0.15) is 0 Å². The number of hydrogen-bond acceptors (Lipinski definition) is 3. The first kappa shape index (κ1) is 15.3. The summed E-state index contributed by atoms with van der Waals surface area (Å²) in [6.45, 7) is 2.91. The van der Waals surface area contributed by atoms with E-state index in [0.29, 0.717) is 13.1 Å². The average Bonchev–Trinajstić information content (AvgIpc) is 2.26. The van der Waals surface area contributed by atoms with Crippen LogP contribution in [0.3, 0.4) is 0 Å². The molecule has 0 atom stereocenters. The van der Waals surface area contributed by atoms with Crippen molar-refractivity contribution in [1.82, 2.24) is 5.32 Å². The molecule has 0 spiro atoms. The minimum absolute atomic E-state index is 0. The van der Waals surface area contributed by atoms with Crippen molar-refractivity contribution in [3.05, 3.63) is 29.3 Å². The highest BCUT2D eigenvalue weighted by molar-refractivity contribution is 7.98. The fourth-order valence-electron chi connectivity index (χ4n) is 1.25. The van der Waals surface area contributed by atoms with Crippen LogP contribution in [0, 0.1) is 6.92 Å². The molecule has 0 radical (unpaired) electrons. The Hall–Kier alpha value is -0.710. The van der Waals surface area contributed by atoms with E-state index < -0.39 is 0 Å². The van der Waals surface area contributed by atoms with Crippen molar-refractivity contribution in [3.63, 3.8) is 0 Å². The lowest BCUT2D eigenvalue weighted by molar-refractivity contribution is 0.0954. The van der Waals surface area contributed by atoms with E-state index in [1.807, 2.05) is 31.4 Å². The van der Waals surface area contributed by atoms with Crippen LogP contribution in [0.15, 0.2) is 23.1 Å². The molecule has 0 aliphatic carbocycles. The fourth-order valence-corrected chi connectivity index (χ4v) is 1.69. The van der Waals surface area contributed by atoms with Crippen molar-refractivity contribution in [2.24, 2.45) is 5.73 Å². The molecule has 0 heterocycles. The Balaban J connectivity index is 0.00000225. The standard InChI is InChI=1S/C11H16N2OS.ClH/c1-8-3-4-9(15-2)7-10(8)11(14)13-6-5-12;/h3-4,7H,5-6,12H2,1-2H3,(H,13,14);1H. The van der Waals surface area contributed by atoms with Crippen molar-refractivity contribution in [3.8, 4) is 0 Å². The number of amides is 1. The first-order chi connectivity index (χ1) is 7.19. The number of carbonyl (C=O) groups excluding carboxylic acids is 1. The molecule has 90 valence electrons. The highest BCUT2D eigenvalue weighted by Crippen LogP contribution is 2.18. The van der Waals surface area contributed by atoms with E-state index >= 15 is 0 Å². The summed E-state index contributed by atoms with van der Waals surface area (Å²) in [5, 5.41) is 2.77. The van der Waals surface area contributed by atoms with Gasteiger partial charge in [-0.3, -0.25) is 4.79 Å². The molecule has 0 aliphatic heterocycles. The molecule has 0 bridgehead atoms. The van der Waals surface area contributed by atoms with Gasteiger partial charge in [0, 0.05) is 23.5 Å². The fraction of sp³-hybridized carbons (Fsp3) is 0.364. The number of halogens is 1. The SMILES string of the molecule is CSc1ccc(C)c(C(=O)NCCN)c1.Cl. The molecule has 1 amide bonds. The van der Waals surface area contributed by atoms with Gasteiger partial charge in [-0.15, -0.1) is 24.2 Å². The molecule has 3 nitrogen and oxygen atoms in total. The minimum atomic E-state index is -0.0474. The van der Waals surface area contributed by atoms with E-state index in [4.69, 9.17) is 5.73 Å². The zero-order chi connectivity index (χ0) is 11.3. The third kappa shape index (κ3) is 4.04. The molecule has 0 aliphatic rings. The second kappa shape index (κ2) is 7.54. The Morgan fingerprint density at radius 1 is 1.50 bits per heavy atom. The lowest BCUT2D eigenvalue weighted by Gasteiger charge is -2.08. The molecule has 1 aromatic carbocycles. The number of carbonyl (C=O) groups is 1. The second-order valence-electron chi connectivity index (χ2n) is 3.23. The van der Waals surface area contributed by atoms with Crippen LogP contribution in [-0.4, -0.2) is 25.3 Å². The van der Waals surface area contributed by atoms with Crippen LogP contribution >= 0.6 is 24.2 Å². The molecule has 5 heteroatoms. The summed E-state index contributed by atoms with van der Waals surface area (Å²) in [6.07, 6.45) is 1.99. The van der Waals surface area contributed by atoms with Crippen LogP contribution in [0.25, 0.3) is 0 Å². The first-order valence-corrected chi connectivity index (χ1v) is 6.04. The van der Waals surface area contributed by atoms with Crippen molar-refractivity contribution in [2.75, 3.05) is 19.3 Å². The molecule has 0 aromatic heterocycles. The van der Waals surface area contributed by atoms with Crippen molar-refractivity contribution < 1.29 is 4.79 Å². The van der Waals surface area contributed by atoms with Gasteiger partial charge >= 0.3 is 0 Å². The highest BCUT2D eigenvalue weighted by Gasteiger charge is 2.08. The van der Waals surface area contributed by atoms with E-state index in [2.05, 4.69) is 5.32 Å². The molecule has 0 saturated carbocycles. The predicted molar refractivity (Wildman–Crippen MR) is 71.6 cm³/mol. The molecular formula is C11H17ClN2OS. The van der Waals surface area contributed by atoms with Gasteiger partial charge in [0.25, 0.3) is 5.91 Å². The van der Waals surface area contributed by atoms with Crippen LogP contribution in [0.5, 0.6) is 0 Å². The maximum atomic E-state index is 11.7. The number of benzene rings is 1. The highest BCUT2D eigenvalue weighted by atomic mass is 35.5. The summed E-state index contributed by atoms with van der Waals surface area (Å²) in [7, 11) is 0. The summed E-state index contributed by atoms with van der Waals surface area (Å²) >= 11 is 1.63. The number of nitrogens with two attached hydrogens (primary N) is 1. The predicted octanol–water partition coefficient (Wildman–Crippen LogP) is 1.83. The Morgan fingerprint density at radius 2 is 2.19 bits per heavy atom. The Labute approximate surface area is 107 Å². The lowest BCUT2D eigenvalue weighted by Crippen LogP contribution is -2.29. The number of nitrogens with one attached hydrogen (secondary N) is 1. The lowest BCUT2D eigenvalue weighted by atomic mass is 10.1. The average molecular weight is 261 g/mol. The maximum absolute atomic E-state index is 11.7. The van der Waals surface area contributed by atoms with E-state index in [1.54, 1.807) is 11.8 Å². The number of hydrogen-bond donors (Lipinski definition) is 2. The van der Waals surface area contributed by atoms with Gasteiger partial charge in [-0.1, -0.05) is 6.07 Å². The van der Waals surface area contributed by atoms with Gasteiger partial charge in [0.05, 0.1) is 0 Å². The molecule has 3 N–H and O–H groups in total. The quantitative estimate of drug-likeness (QED) is 0.812. The van der Waals surface area contributed by atoms with E-state index in [0.717, 1.165) is 16.0 Å². The molecule has 16 heavy (non-hydrogen) atoms. The van der Waals surface area contributed by atoms with Crippen LogP contribution in [0.2, 0.25) is 0 Å². The topological polar surface area (TPSA) is 55.1 Å². The van der Waals surface area contributed by atoms with Crippen molar-refractivity contribution in [1.29, 1.82) is 0 Å². The molecule has 0 fully saturated rings. The Morgan fingerprint density at radius 3 is 2.75 bits per heavy atom. The van der Waals surface area contributed by atoms with Gasteiger partial charge in [0.2, 0.25) is 0 Å². The van der Waals surface area contributed by atoms with E-state index in [9.17, 15) is 4.79 Å². The zero-order valence-corrected chi connectivity index (χ0v) is 11.1. The van der Waals surface area contributed by atoms with Gasteiger partial charge in [0.1, 0.15) is 0 Å². The van der Waals surface area contributed by atoms with Crippen molar-refractivity contribution in [2.45, 2.75) is 11.8 Å². The first-order valence-electron chi connectivity index (χ1n) is 4.82.